The summed E-state index contributed by atoms with van der Waals surface area (Å²) in [5.41, 5.74) is 5.30. The lowest BCUT2D eigenvalue weighted by Crippen LogP contribution is -2.15. The van der Waals surface area contributed by atoms with Gasteiger partial charge in [-0.15, -0.1) is 0 Å². The molecule has 0 unspecified atom stereocenters. The Bertz CT molecular complexity index is 497. The highest BCUT2D eigenvalue weighted by atomic mass is 15.0. The van der Waals surface area contributed by atoms with Crippen LogP contribution in [-0.4, -0.2) is 25.5 Å². The largest absolute Gasteiger partial charge is 0.305 e. The lowest BCUT2D eigenvalue weighted by molar-refractivity contribution is 0.446. The molecule has 1 nitrogen and oxygen atoms in total. The van der Waals surface area contributed by atoms with Crippen molar-refractivity contribution in [2.24, 2.45) is 0 Å². The minimum atomic E-state index is 0.971. The van der Waals surface area contributed by atoms with Crippen molar-refractivity contribution in [2.75, 3.05) is 20.6 Å². The summed E-state index contributed by atoms with van der Waals surface area (Å²) in [6.45, 7) is 15.2. The number of hydrogen-bond donors (Lipinski definition) is 0. The molecule has 25 heavy (non-hydrogen) atoms. The maximum atomic E-state index is 2.22. The second-order valence-corrected chi connectivity index (χ2v) is 5.13. The summed E-state index contributed by atoms with van der Waals surface area (Å²) in [6, 6.07) is 21.2. The van der Waals surface area contributed by atoms with Gasteiger partial charge in [0, 0.05) is 6.54 Å². The van der Waals surface area contributed by atoms with E-state index in [9.17, 15) is 0 Å². The van der Waals surface area contributed by atoms with Crippen molar-refractivity contribution in [1.82, 2.24) is 4.90 Å². The van der Waals surface area contributed by atoms with Crippen LogP contribution in [0, 0.1) is 0 Å². The molecule has 2 aromatic rings. The van der Waals surface area contributed by atoms with Crippen molar-refractivity contribution in [3.8, 4) is 0 Å². The highest BCUT2D eigenvalue weighted by molar-refractivity contribution is 5.82. The number of rotatable bonds is 4. The Hall–Kier alpha value is -1.86. The standard InChI is InChI=1S/C18H21N.3C2H6/c1-15(14-19(2)3)18(16-10-6-4-7-11-16)17-12-8-5-9-13-17;3*1-2/h4-13H,14H2,1-3H3;3*1-2H3. The molecule has 0 saturated heterocycles. The first kappa shape index (κ1) is 25.4. The average molecular weight is 342 g/mol. The van der Waals surface area contributed by atoms with Crippen molar-refractivity contribution in [1.29, 1.82) is 0 Å². The molecule has 0 aliphatic heterocycles. The van der Waals surface area contributed by atoms with Gasteiger partial charge in [0.1, 0.15) is 0 Å². The van der Waals surface area contributed by atoms with E-state index in [2.05, 4.69) is 86.6 Å². The molecule has 0 atom stereocenters. The molecule has 0 radical (unpaired) electrons. The predicted molar refractivity (Wildman–Crippen MR) is 117 cm³/mol. The van der Waals surface area contributed by atoms with Gasteiger partial charge in [-0.25, -0.2) is 0 Å². The summed E-state index contributed by atoms with van der Waals surface area (Å²) in [4.78, 5) is 2.21. The molecule has 0 fully saturated rings. The van der Waals surface area contributed by atoms with E-state index in [1.54, 1.807) is 0 Å². The summed E-state index contributed by atoms with van der Waals surface area (Å²) < 4.78 is 0. The topological polar surface area (TPSA) is 3.24 Å². The molecule has 0 aromatic heterocycles. The molecule has 2 aromatic carbocycles. The fourth-order valence-electron chi connectivity index (χ4n) is 2.42. The van der Waals surface area contributed by atoms with Crippen LogP contribution >= 0.6 is 0 Å². The van der Waals surface area contributed by atoms with Crippen molar-refractivity contribution in [2.45, 2.75) is 48.5 Å². The first-order chi connectivity index (χ1) is 12.2. The van der Waals surface area contributed by atoms with Gasteiger partial charge in [-0.2, -0.15) is 0 Å². The van der Waals surface area contributed by atoms with E-state index in [1.807, 2.05) is 41.5 Å². The Labute approximate surface area is 157 Å². The van der Waals surface area contributed by atoms with Crippen molar-refractivity contribution in [3.63, 3.8) is 0 Å². The third-order valence-electron chi connectivity index (χ3n) is 3.11. The molecule has 140 valence electrons. The van der Waals surface area contributed by atoms with Crippen molar-refractivity contribution in [3.05, 3.63) is 77.4 Å². The van der Waals surface area contributed by atoms with Gasteiger partial charge in [-0.3, -0.25) is 0 Å². The zero-order chi connectivity index (χ0) is 19.7. The summed E-state index contributed by atoms with van der Waals surface area (Å²) in [5, 5.41) is 0. The van der Waals surface area contributed by atoms with E-state index in [0.717, 1.165) is 6.54 Å². The maximum absolute atomic E-state index is 2.22. The molecule has 2 rings (SSSR count). The first-order valence-corrected chi connectivity index (χ1v) is 9.64. The van der Waals surface area contributed by atoms with E-state index < -0.39 is 0 Å². The first-order valence-electron chi connectivity index (χ1n) is 9.64. The summed E-state index contributed by atoms with van der Waals surface area (Å²) >= 11 is 0. The number of nitrogens with zero attached hydrogens (tertiary/aromatic N) is 1. The number of likely N-dealkylation sites (N-methyl/N-ethyl adjacent to an activating group) is 1. The van der Waals surface area contributed by atoms with Crippen molar-refractivity contribution >= 4 is 5.57 Å². The van der Waals surface area contributed by atoms with Crippen molar-refractivity contribution < 1.29 is 0 Å². The second-order valence-electron chi connectivity index (χ2n) is 5.13. The van der Waals surface area contributed by atoms with Gasteiger partial charge in [0.15, 0.2) is 0 Å². The van der Waals surface area contributed by atoms with E-state index in [0.29, 0.717) is 0 Å². The predicted octanol–water partition coefficient (Wildman–Crippen LogP) is 7.15. The van der Waals surface area contributed by atoms with Gasteiger partial charge in [0.2, 0.25) is 0 Å². The van der Waals surface area contributed by atoms with E-state index in [1.165, 1.54) is 22.3 Å². The smallest absolute Gasteiger partial charge is 0.0193 e. The third-order valence-corrected chi connectivity index (χ3v) is 3.11. The van der Waals surface area contributed by atoms with E-state index in [-0.39, 0.29) is 0 Å². The zero-order valence-corrected chi connectivity index (χ0v) is 17.9. The molecule has 0 amide bonds. The van der Waals surface area contributed by atoms with Crippen LogP contribution in [0.2, 0.25) is 0 Å². The fraction of sp³-hybridized carbons (Fsp3) is 0.417. The molecule has 0 saturated carbocycles. The number of hydrogen-bond acceptors (Lipinski definition) is 1. The van der Waals surface area contributed by atoms with Crippen LogP contribution in [0.5, 0.6) is 0 Å². The summed E-state index contributed by atoms with van der Waals surface area (Å²) in [7, 11) is 4.22. The molecule has 0 bridgehead atoms. The maximum Gasteiger partial charge on any atom is 0.0193 e. The van der Waals surface area contributed by atoms with Crippen LogP contribution < -0.4 is 0 Å². The lowest BCUT2D eigenvalue weighted by Gasteiger charge is -2.17. The van der Waals surface area contributed by atoms with Gasteiger partial charge < -0.3 is 4.90 Å². The van der Waals surface area contributed by atoms with Crippen LogP contribution in [0.1, 0.15) is 59.6 Å². The minimum Gasteiger partial charge on any atom is -0.305 e. The van der Waals surface area contributed by atoms with Crippen LogP contribution in [0.25, 0.3) is 5.57 Å². The highest BCUT2D eigenvalue weighted by Gasteiger charge is 2.08. The number of benzene rings is 2. The molecule has 0 N–H and O–H groups in total. The summed E-state index contributed by atoms with van der Waals surface area (Å²) in [6.07, 6.45) is 0. The quantitative estimate of drug-likeness (QED) is 0.571. The molecular formula is C24H39N. The molecule has 1 heteroatoms. The van der Waals surface area contributed by atoms with E-state index in [4.69, 9.17) is 0 Å². The summed E-state index contributed by atoms with van der Waals surface area (Å²) in [5.74, 6) is 0. The normalized spacial score (nSPS) is 8.72. The monoisotopic (exact) mass is 341 g/mol. The van der Waals surface area contributed by atoms with Gasteiger partial charge in [0.05, 0.1) is 0 Å². The lowest BCUT2D eigenvalue weighted by atomic mass is 9.93. The van der Waals surface area contributed by atoms with E-state index >= 15 is 0 Å². The second kappa shape index (κ2) is 17.0. The van der Waals surface area contributed by atoms with Crippen LogP contribution in [0.3, 0.4) is 0 Å². The van der Waals surface area contributed by atoms with Crippen LogP contribution in [0.15, 0.2) is 66.2 Å². The van der Waals surface area contributed by atoms with Gasteiger partial charge in [-0.05, 0) is 37.7 Å². The third kappa shape index (κ3) is 9.89. The SMILES string of the molecule is CC.CC.CC.CC(CN(C)C)=C(c1ccccc1)c1ccccc1. The molecule has 0 heterocycles. The Morgan fingerprint density at radius 1 is 0.640 bits per heavy atom. The van der Waals surface area contributed by atoms with Crippen LogP contribution in [0.4, 0.5) is 0 Å². The Morgan fingerprint density at radius 2 is 0.960 bits per heavy atom. The van der Waals surface area contributed by atoms with Gasteiger partial charge >= 0.3 is 0 Å². The zero-order valence-electron chi connectivity index (χ0n) is 17.9. The Morgan fingerprint density at radius 3 is 1.24 bits per heavy atom. The minimum absolute atomic E-state index is 0.971. The van der Waals surface area contributed by atoms with Gasteiger partial charge in [0.25, 0.3) is 0 Å². The molecule has 0 aliphatic carbocycles. The Kier molecular flexibility index (Phi) is 17.2. The Balaban J connectivity index is 0. The average Bonchev–Trinajstić information content (AvgIpc) is 2.68. The highest BCUT2D eigenvalue weighted by Crippen LogP contribution is 2.26. The fourth-order valence-corrected chi connectivity index (χ4v) is 2.42. The molecule has 0 spiro atoms. The van der Waals surface area contributed by atoms with Crippen LogP contribution in [-0.2, 0) is 0 Å². The van der Waals surface area contributed by atoms with Gasteiger partial charge in [-0.1, -0.05) is 108 Å². The molecule has 0 aliphatic rings. The molecular weight excluding hydrogens is 302 g/mol.